The summed E-state index contributed by atoms with van der Waals surface area (Å²) >= 11 is 0. The van der Waals surface area contributed by atoms with Crippen LogP contribution in [0.2, 0.25) is 0 Å². The minimum atomic E-state index is 0.618. The van der Waals surface area contributed by atoms with Gasteiger partial charge in [-0.15, -0.1) is 0 Å². The van der Waals surface area contributed by atoms with Gasteiger partial charge in [-0.25, -0.2) is 4.58 Å². The van der Waals surface area contributed by atoms with Crippen LogP contribution in [-0.2, 0) is 9.47 Å². The molecular weight excluding hydrogens is 286 g/mol. The lowest BCUT2D eigenvalue weighted by atomic mass is 9.96. The van der Waals surface area contributed by atoms with Crippen molar-refractivity contribution in [3.05, 3.63) is 53.8 Å². The van der Waals surface area contributed by atoms with Gasteiger partial charge in [0.2, 0.25) is 0 Å². The Kier molecular flexibility index (Phi) is 8.81. The van der Waals surface area contributed by atoms with Crippen LogP contribution in [0.1, 0.15) is 39.2 Å². The Morgan fingerprint density at radius 2 is 1.74 bits per heavy atom. The molecule has 0 N–H and O–H groups in total. The van der Waals surface area contributed by atoms with Gasteiger partial charge in [0.05, 0.1) is 13.2 Å². The molecule has 1 aromatic rings. The zero-order chi connectivity index (χ0) is 17.1. The number of benzene rings is 1. The van der Waals surface area contributed by atoms with Crippen LogP contribution >= 0.6 is 0 Å². The molecule has 0 aliphatic heterocycles. The summed E-state index contributed by atoms with van der Waals surface area (Å²) in [4.78, 5) is 0. The lowest BCUT2D eigenvalue weighted by molar-refractivity contribution is -0.473. The van der Waals surface area contributed by atoms with Crippen molar-refractivity contribution in [3.63, 3.8) is 0 Å². The number of nitrogens with zero attached hydrogens (tertiary/aromatic N) is 1. The van der Waals surface area contributed by atoms with Crippen LogP contribution in [-0.4, -0.2) is 37.8 Å². The summed E-state index contributed by atoms with van der Waals surface area (Å²) < 4.78 is 13.5. The van der Waals surface area contributed by atoms with E-state index in [0.717, 1.165) is 29.9 Å². The van der Waals surface area contributed by atoms with Gasteiger partial charge in [-0.05, 0) is 31.4 Å². The second-order valence-corrected chi connectivity index (χ2v) is 5.39. The van der Waals surface area contributed by atoms with Crippen LogP contribution in [0, 0.1) is 0 Å². The number of ether oxygens (including phenoxy) is 2. The lowest BCUT2D eigenvalue weighted by Gasteiger charge is -2.13. The molecule has 0 radical (unpaired) electrons. The highest BCUT2D eigenvalue weighted by atomic mass is 16.5. The molecule has 0 aromatic heterocycles. The Balaban J connectivity index is 3.42. The molecule has 0 spiro atoms. The van der Waals surface area contributed by atoms with E-state index in [1.54, 1.807) is 0 Å². The first-order valence-corrected chi connectivity index (χ1v) is 8.40. The largest absolute Gasteiger partial charge is 0.500 e. The number of hydrogen-bond donors (Lipinski definition) is 0. The van der Waals surface area contributed by atoms with Gasteiger partial charge in [0, 0.05) is 0 Å². The average Bonchev–Trinajstić information content (AvgIpc) is 2.56. The normalized spacial score (nSPS) is 12.0. The average molecular weight is 316 g/mol. The maximum atomic E-state index is 5.90. The molecule has 0 saturated heterocycles. The molecule has 0 aliphatic carbocycles. The smallest absolute Gasteiger partial charge is 0.373 e. The molecule has 0 amide bonds. The van der Waals surface area contributed by atoms with Crippen molar-refractivity contribution in [3.8, 4) is 0 Å². The standard InChI is InChI=1S/C20H30NO2/c1-6-9-15-18(17-13-11-10-12-14-17)19(16-22-7-2)20(21(4)5)23-8-3/h10-16H,6-9H2,1-5H3/q+1/b18-15-,19-16-. The molecule has 3 heteroatoms. The SMILES string of the molecule is CCC/C=C(\C(=C\OCC)C(OCC)=[N+](C)C)c1ccccc1. The van der Waals surface area contributed by atoms with Crippen LogP contribution in [0.5, 0.6) is 0 Å². The molecular formula is C20H30NO2+. The Bertz CT molecular complexity index is 552. The fourth-order valence-corrected chi connectivity index (χ4v) is 2.27. The summed E-state index contributed by atoms with van der Waals surface area (Å²) in [5.41, 5.74) is 3.31. The third kappa shape index (κ3) is 5.93. The molecule has 0 heterocycles. The van der Waals surface area contributed by atoms with Crippen LogP contribution in [0.15, 0.2) is 48.2 Å². The van der Waals surface area contributed by atoms with Crippen molar-refractivity contribution < 1.29 is 14.0 Å². The first kappa shape index (κ1) is 19.0. The van der Waals surface area contributed by atoms with Gasteiger partial charge in [-0.2, -0.15) is 0 Å². The summed E-state index contributed by atoms with van der Waals surface area (Å²) in [6.07, 6.45) is 6.20. The summed E-state index contributed by atoms with van der Waals surface area (Å²) in [6.45, 7) is 7.42. The van der Waals surface area contributed by atoms with Gasteiger partial charge in [0.1, 0.15) is 25.9 Å². The molecule has 126 valence electrons. The van der Waals surface area contributed by atoms with E-state index in [1.807, 2.05) is 44.8 Å². The van der Waals surface area contributed by atoms with E-state index >= 15 is 0 Å². The fraction of sp³-hybridized carbons (Fsp3) is 0.450. The lowest BCUT2D eigenvalue weighted by Crippen LogP contribution is -2.21. The van der Waals surface area contributed by atoms with Crippen LogP contribution in [0.3, 0.4) is 0 Å². The van der Waals surface area contributed by atoms with Crippen molar-refractivity contribution >= 4 is 11.5 Å². The Hall–Kier alpha value is -2.03. The minimum absolute atomic E-state index is 0.618. The first-order valence-electron chi connectivity index (χ1n) is 8.40. The molecule has 0 aliphatic rings. The molecule has 3 nitrogen and oxygen atoms in total. The van der Waals surface area contributed by atoms with Crippen LogP contribution < -0.4 is 0 Å². The van der Waals surface area contributed by atoms with E-state index in [-0.39, 0.29) is 0 Å². The third-order valence-electron chi connectivity index (χ3n) is 3.30. The van der Waals surface area contributed by atoms with Gasteiger partial charge in [0.15, 0.2) is 0 Å². The van der Waals surface area contributed by atoms with Gasteiger partial charge in [-0.1, -0.05) is 49.8 Å². The number of rotatable bonds is 8. The van der Waals surface area contributed by atoms with Crippen molar-refractivity contribution in [1.82, 2.24) is 0 Å². The van der Waals surface area contributed by atoms with Crippen molar-refractivity contribution in [2.75, 3.05) is 27.3 Å². The quantitative estimate of drug-likeness (QED) is 0.231. The van der Waals surface area contributed by atoms with Gasteiger partial charge in [-0.3, -0.25) is 0 Å². The highest BCUT2D eigenvalue weighted by molar-refractivity contribution is 6.06. The number of hydrogen-bond acceptors (Lipinski definition) is 2. The summed E-state index contributed by atoms with van der Waals surface area (Å²) in [6, 6.07) is 10.4. The van der Waals surface area contributed by atoms with Gasteiger partial charge >= 0.3 is 5.90 Å². The Morgan fingerprint density at radius 1 is 1.04 bits per heavy atom. The third-order valence-corrected chi connectivity index (χ3v) is 3.30. The molecule has 0 atom stereocenters. The van der Waals surface area contributed by atoms with E-state index in [9.17, 15) is 0 Å². The summed E-state index contributed by atoms with van der Waals surface area (Å²) in [7, 11) is 3.99. The maximum absolute atomic E-state index is 5.90. The first-order chi connectivity index (χ1) is 11.2. The van der Waals surface area contributed by atoms with E-state index in [2.05, 4.69) is 37.3 Å². The van der Waals surface area contributed by atoms with Crippen LogP contribution in [0.4, 0.5) is 0 Å². The Morgan fingerprint density at radius 3 is 2.26 bits per heavy atom. The zero-order valence-electron chi connectivity index (χ0n) is 15.1. The molecule has 0 fully saturated rings. The number of allylic oxidation sites excluding steroid dienone is 1. The van der Waals surface area contributed by atoms with E-state index in [4.69, 9.17) is 9.47 Å². The van der Waals surface area contributed by atoms with Crippen LogP contribution in [0.25, 0.3) is 5.57 Å². The van der Waals surface area contributed by atoms with Gasteiger partial charge in [0.25, 0.3) is 0 Å². The summed E-state index contributed by atoms with van der Waals surface area (Å²) in [5, 5.41) is 0. The van der Waals surface area contributed by atoms with E-state index < -0.39 is 0 Å². The predicted octanol–water partition coefficient (Wildman–Crippen LogP) is 4.50. The molecule has 23 heavy (non-hydrogen) atoms. The molecule has 1 aromatic carbocycles. The van der Waals surface area contributed by atoms with Crippen molar-refractivity contribution in [1.29, 1.82) is 0 Å². The Labute approximate surface area is 140 Å². The zero-order valence-corrected chi connectivity index (χ0v) is 15.1. The highest BCUT2D eigenvalue weighted by Crippen LogP contribution is 2.26. The topological polar surface area (TPSA) is 21.5 Å². The molecule has 1 rings (SSSR count). The summed E-state index contributed by atoms with van der Waals surface area (Å²) in [5.74, 6) is 0.826. The van der Waals surface area contributed by atoms with Crippen molar-refractivity contribution in [2.45, 2.75) is 33.6 Å². The highest BCUT2D eigenvalue weighted by Gasteiger charge is 2.22. The minimum Gasteiger partial charge on any atom is -0.500 e. The predicted molar refractivity (Wildman–Crippen MR) is 97.8 cm³/mol. The number of unbranched alkanes of at least 4 members (excludes halogenated alkanes) is 1. The molecule has 0 unspecified atom stereocenters. The molecule has 0 saturated carbocycles. The maximum Gasteiger partial charge on any atom is 0.373 e. The monoisotopic (exact) mass is 316 g/mol. The second kappa shape index (κ2) is 10.7. The van der Waals surface area contributed by atoms with Crippen molar-refractivity contribution in [2.24, 2.45) is 0 Å². The second-order valence-electron chi connectivity index (χ2n) is 5.39. The fourth-order valence-electron chi connectivity index (χ4n) is 2.27. The van der Waals surface area contributed by atoms with E-state index in [0.29, 0.717) is 13.2 Å². The van der Waals surface area contributed by atoms with E-state index in [1.165, 1.54) is 5.56 Å². The van der Waals surface area contributed by atoms with Gasteiger partial charge < -0.3 is 9.47 Å². The molecule has 0 bridgehead atoms.